The molecule has 1 N–H and O–H groups in total. The maximum Gasteiger partial charge on any atom is 0.306 e. The quantitative estimate of drug-likeness (QED) is 0.0567. The van der Waals surface area contributed by atoms with Crippen LogP contribution in [0.15, 0.2) is 0 Å². The molecule has 0 spiro atoms. The third-order valence-electron chi connectivity index (χ3n) is 9.08. The fraction of sp³-hybridized carbons (Fsp3) is 0.949. The van der Waals surface area contributed by atoms with Crippen LogP contribution in [0.25, 0.3) is 0 Å². The molecule has 0 saturated heterocycles. The van der Waals surface area contributed by atoms with Gasteiger partial charge in [0.25, 0.3) is 0 Å². The number of esters is 1. The maximum absolute atomic E-state index is 12.6. The Kier molecular flexibility index (Phi) is 34.5. The highest BCUT2D eigenvalue weighted by molar-refractivity contribution is 5.69. The van der Waals surface area contributed by atoms with Crippen molar-refractivity contribution in [3.63, 3.8) is 0 Å². The van der Waals surface area contributed by atoms with Gasteiger partial charge in [-0.15, -0.1) is 0 Å². The normalized spacial score (nSPS) is 12.0. The van der Waals surface area contributed by atoms with Gasteiger partial charge >= 0.3 is 11.9 Å². The molecule has 0 radical (unpaired) electrons. The number of carbonyl (C=O) groups excluding carboxylic acids is 1. The first kappa shape index (κ1) is 41.9. The van der Waals surface area contributed by atoms with Crippen LogP contribution in [0.4, 0.5) is 0 Å². The molecule has 256 valence electrons. The highest BCUT2D eigenvalue weighted by atomic mass is 16.5. The summed E-state index contributed by atoms with van der Waals surface area (Å²) >= 11 is 0. The van der Waals surface area contributed by atoms with Gasteiger partial charge in [0.05, 0.1) is 0 Å². The molecule has 0 aromatic heterocycles. The third-order valence-corrected chi connectivity index (χ3v) is 9.08. The maximum atomic E-state index is 12.6. The molecule has 0 saturated carbocycles. The van der Waals surface area contributed by atoms with Crippen LogP contribution in [-0.4, -0.2) is 23.1 Å². The van der Waals surface area contributed by atoms with Crippen molar-refractivity contribution in [1.82, 2.24) is 0 Å². The van der Waals surface area contributed by atoms with Crippen molar-refractivity contribution < 1.29 is 19.4 Å². The van der Waals surface area contributed by atoms with Crippen molar-refractivity contribution in [3.05, 3.63) is 0 Å². The van der Waals surface area contributed by atoms with Crippen LogP contribution >= 0.6 is 0 Å². The van der Waals surface area contributed by atoms with Gasteiger partial charge in [-0.25, -0.2) is 0 Å². The van der Waals surface area contributed by atoms with Gasteiger partial charge in [-0.1, -0.05) is 181 Å². The minimum absolute atomic E-state index is 0.0444. The first-order chi connectivity index (χ1) is 21.1. The van der Waals surface area contributed by atoms with E-state index in [2.05, 4.69) is 13.8 Å². The van der Waals surface area contributed by atoms with Gasteiger partial charge in [-0.05, 0) is 38.5 Å². The minimum atomic E-state index is -0.669. The lowest BCUT2D eigenvalue weighted by atomic mass is 10.0. The van der Waals surface area contributed by atoms with Crippen molar-refractivity contribution in [2.45, 2.75) is 238 Å². The fourth-order valence-electron chi connectivity index (χ4n) is 6.19. The van der Waals surface area contributed by atoms with Gasteiger partial charge in [0.15, 0.2) is 0 Å². The van der Waals surface area contributed by atoms with Gasteiger partial charge in [-0.3, -0.25) is 9.59 Å². The lowest BCUT2D eigenvalue weighted by molar-refractivity contribution is -0.150. The van der Waals surface area contributed by atoms with E-state index in [1.54, 1.807) is 0 Å². The third kappa shape index (κ3) is 35.3. The van der Waals surface area contributed by atoms with Crippen molar-refractivity contribution in [3.8, 4) is 0 Å². The molecule has 0 rings (SSSR count). The standard InChI is InChI=1S/C39H76O4/c1-3-5-7-9-11-12-13-17-20-24-28-32-36-39(42)43-37(33-29-25-21-10-8-6-4-2)34-30-26-22-18-15-14-16-19-23-27-31-35-38(40)41/h37H,3-36H2,1-2H3,(H,40,41). The summed E-state index contributed by atoms with van der Waals surface area (Å²) < 4.78 is 6.04. The van der Waals surface area contributed by atoms with E-state index in [0.29, 0.717) is 12.8 Å². The minimum Gasteiger partial charge on any atom is -0.481 e. The van der Waals surface area contributed by atoms with E-state index in [1.165, 1.54) is 173 Å². The molecule has 0 aliphatic carbocycles. The van der Waals surface area contributed by atoms with E-state index >= 15 is 0 Å². The van der Waals surface area contributed by atoms with Crippen LogP contribution in [0.1, 0.15) is 232 Å². The van der Waals surface area contributed by atoms with Crippen LogP contribution in [0.2, 0.25) is 0 Å². The number of ether oxygens (including phenoxy) is 1. The van der Waals surface area contributed by atoms with Gasteiger partial charge < -0.3 is 9.84 Å². The Morgan fingerprint density at radius 2 is 0.698 bits per heavy atom. The topological polar surface area (TPSA) is 63.6 Å². The van der Waals surface area contributed by atoms with E-state index in [-0.39, 0.29) is 12.1 Å². The second kappa shape index (κ2) is 35.4. The zero-order valence-electron chi connectivity index (χ0n) is 29.3. The molecular weight excluding hydrogens is 532 g/mol. The molecule has 0 aromatic rings. The van der Waals surface area contributed by atoms with Gasteiger partial charge in [-0.2, -0.15) is 0 Å². The van der Waals surface area contributed by atoms with E-state index < -0.39 is 5.97 Å². The van der Waals surface area contributed by atoms with Crippen LogP contribution in [0.3, 0.4) is 0 Å². The Labute approximate surface area is 269 Å². The predicted octanol–water partition coefficient (Wildman–Crippen LogP) is 13.3. The number of hydrogen-bond acceptors (Lipinski definition) is 3. The predicted molar refractivity (Wildman–Crippen MR) is 186 cm³/mol. The van der Waals surface area contributed by atoms with Gasteiger partial charge in [0, 0.05) is 12.8 Å². The molecule has 4 heteroatoms. The molecule has 0 aromatic carbocycles. The van der Waals surface area contributed by atoms with E-state index in [9.17, 15) is 9.59 Å². The zero-order chi connectivity index (χ0) is 31.5. The Balaban J connectivity index is 3.96. The first-order valence-electron chi connectivity index (χ1n) is 19.5. The molecule has 0 aliphatic rings. The van der Waals surface area contributed by atoms with Crippen LogP contribution in [0, 0.1) is 0 Å². The Hall–Kier alpha value is -1.06. The summed E-state index contributed by atoms with van der Waals surface area (Å²) in [6, 6.07) is 0. The first-order valence-corrected chi connectivity index (χ1v) is 19.5. The summed E-state index contributed by atoms with van der Waals surface area (Å²) in [7, 11) is 0. The summed E-state index contributed by atoms with van der Waals surface area (Å²) in [6.45, 7) is 4.55. The summed E-state index contributed by atoms with van der Waals surface area (Å²) in [6.07, 6.45) is 41.3. The van der Waals surface area contributed by atoms with Gasteiger partial charge in [0.2, 0.25) is 0 Å². The highest BCUT2D eigenvalue weighted by Crippen LogP contribution is 2.19. The summed E-state index contributed by atoms with van der Waals surface area (Å²) in [4.78, 5) is 23.2. The number of rotatable bonds is 36. The van der Waals surface area contributed by atoms with Crippen molar-refractivity contribution in [2.75, 3.05) is 0 Å². The number of carbonyl (C=O) groups is 2. The molecule has 43 heavy (non-hydrogen) atoms. The van der Waals surface area contributed by atoms with E-state index in [1.807, 2.05) is 0 Å². The molecule has 0 bridgehead atoms. The molecule has 4 nitrogen and oxygen atoms in total. The lowest BCUT2D eigenvalue weighted by Gasteiger charge is -2.18. The number of aliphatic carboxylic acids is 1. The second-order valence-electron chi connectivity index (χ2n) is 13.5. The Bertz CT molecular complexity index is 576. The molecule has 1 atom stereocenters. The molecular formula is C39H76O4. The van der Waals surface area contributed by atoms with Crippen molar-refractivity contribution in [2.24, 2.45) is 0 Å². The zero-order valence-corrected chi connectivity index (χ0v) is 29.3. The van der Waals surface area contributed by atoms with E-state index in [0.717, 1.165) is 32.1 Å². The fourth-order valence-corrected chi connectivity index (χ4v) is 6.19. The smallest absolute Gasteiger partial charge is 0.306 e. The summed E-state index contributed by atoms with van der Waals surface area (Å²) in [5.41, 5.74) is 0. The molecule has 1 unspecified atom stereocenters. The average molecular weight is 609 g/mol. The van der Waals surface area contributed by atoms with E-state index in [4.69, 9.17) is 9.84 Å². The molecule has 0 amide bonds. The SMILES string of the molecule is CCCCCCCCCCCCCCC(=O)OC(CCCCCCCCC)CCCCCCCCCCCCCC(=O)O. The van der Waals surface area contributed by atoms with Crippen molar-refractivity contribution >= 4 is 11.9 Å². The second-order valence-corrected chi connectivity index (χ2v) is 13.5. The average Bonchev–Trinajstić information content (AvgIpc) is 2.99. The Morgan fingerprint density at radius 3 is 1.02 bits per heavy atom. The lowest BCUT2D eigenvalue weighted by Crippen LogP contribution is -2.18. The molecule has 0 aliphatic heterocycles. The van der Waals surface area contributed by atoms with Crippen LogP contribution in [-0.2, 0) is 14.3 Å². The largest absolute Gasteiger partial charge is 0.481 e. The number of carboxylic acids is 1. The monoisotopic (exact) mass is 609 g/mol. The van der Waals surface area contributed by atoms with Gasteiger partial charge in [0.1, 0.15) is 6.10 Å². The molecule has 0 heterocycles. The van der Waals surface area contributed by atoms with Crippen LogP contribution in [0.5, 0.6) is 0 Å². The summed E-state index contributed by atoms with van der Waals surface area (Å²) in [5, 5.41) is 8.70. The number of unbranched alkanes of at least 4 members (excludes halogenated alkanes) is 27. The number of carboxylic acid groups (broad SMARTS) is 1. The number of hydrogen-bond donors (Lipinski definition) is 1. The molecule has 0 fully saturated rings. The Morgan fingerprint density at radius 1 is 0.419 bits per heavy atom. The van der Waals surface area contributed by atoms with Crippen LogP contribution < -0.4 is 0 Å². The summed E-state index contributed by atoms with van der Waals surface area (Å²) in [5.74, 6) is -0.625. The van der Waals surface area contributed by atoms with Crippen molar-refractivity contribution in [1.29, 1.82) is 0 Å². The highest BCUT2D eigenvalue weighted by Gasteiger charge is 2.14.